The number of hydrogen-bond acceptors (Lipinski definition) is 6. The van der Waals surface area contributed by atoms with Gasteiger partial charge in [0.05, 0.1) is 7.11 Å². The minimum atomic E-state index is -0.411. The molecule has 5 rings (SSSR count). The number of nitrogens with one attached hydrogen (secondary N) is 1. The fraction of sp³-hybridized carbons (Fsp3) is 0.429. The van der Waals surface area contributed by atoms with Crippen molar-refractivity contribution in [2.45, 2.75) is 13.0 Å². The van der Waals surface area contributed by atoms with E-state index in [0.29, 0.717) is 30.7 Å². The molecule has 0 saturated carbocycles. The number of methoxy groups -OCH3 is 1. The van der Waals surface area contributed by atoms with Crippen molar-refractivity contribution in [3.8, 4) is 5.75 Å². The molecule has 0 spiro atoms. The molecule has 3 atom stereocenters. The number of aromatic amines is 1. The van der Waals surface area contributed by atoms with Gasteiger partial charge in [-0.1, -0.05) is 12.1 Å². The van der Waals surface area contributed by atoms with Gasteiger partial charge < -0.3 is 9.64 Å². The summed E-state index contributed by atoms with van der Waals surface area (Å²) in [6, 6.07) is 8.37. The highest BCUT2D eigenvalue weighted by Gasteiger charge is 2.47. The number of carbonyl (C=O) groups is 1. The monoisotopic (exact) mass is 408 g/mol. The number of carbonyl (C=O) groups excluding carboxylic acids is 1. The van der Waals surface area contributed by atoms with E-state index in [2.05, 4.69) is 39.1 Å². The highest BCUT2D eigenvalue weighted by atomic mass is 16.5. The van der Waals surface area contributed by atoms with E-state index in [9.17, 15) is 9.59 Å². The number of hydrogen-bond donors (Lipinski definition) is 1. The van der Waals surface area contributed by atoms with E-state index in [0.717, 1.165) is 12.3 Å². The molecule has 30 heavy (non-hydrogen) atoms. The van der Waals surface area contributed by atoms with Crippen molar-refractivity contribution in [1.82, 2.24) is 29.4 Å². The predicted molar refractivity (Wildman–Crippen MR) is 110 cm³/mol. The van der Waals surface area contributed by atoms with Crippen LogP contribution in [0.15, 0.2) is 35.3 Å². The van der Waals surface area contributed by atoms with E-state index in [4.69, 9.17) is 4.74 Å². The third-order valence-corrected chi connectivity index (χ3v) is 6.35. The Morgan fingerprint density at radius 3 is 2.70 bits per heavy atom. The van der Waals surface area contributed by atoms with Crippen molar-refractivity contribution < 1.29 is 9.53 Å². The minimum Gasteiger partial charge on any atom is -0.497 e. The molecule has 156 valence electrons. The summed E-state index contributed by atoms with van der Waals surface area (Å²) in [6.07, 6.45) is 1.35. The quantitative estimate of drug-likeness (QED) is 0.698. The lowest BCUT2D eigenvalue weighted by atomic mass is 9.89. The maximum absolute atomic E-state index is 13.2. The van der Waals surface area contributed by atoms with Crippen molar-refractivity contribution in [3.05, 3.63) is 57.8 Å². The molecule has 2 aliphatic heterocycles. The summed E-state index contributed by atoms with van der Waals surface area (Å²) in [7, 11) is 3.79. The van der Waals surface area contributed by atoms with Crippen LogP contribution in [0.3, 0.4) is 0 Å². The van der Waals surface area contributed by atoms with Gasteiger partial charge in [-0.05, 0) is 37.6 Å². The molecular weight excluding hydrogens is 384 g/mol. The molecule has 9 heteroatoms. The summed E-state index contributed by atoms with van der Waals surface area (Å²) in [5.41, 5.74) is 0.883. The highest BCUT2D eigenvalue weighted by Crippen LogP contribution is 2.44. The number of aryl methyl sites for hydroxylation is 1. The first-order valence-electron chi connectivity index (χ1n) is 10.0. The first-order chi connectivity index (χ1) is 14.5. The number of ether oxygens (including phenoxy) is 1. The predicted octanol–water partition coefficient (Wildman–Crippen LogP) is 1.11. The Kier molecular flexibility index (Phi) is 4.35. The lowest BCUT2D eigenvalue weighted by molar-refractivity contribution is 0.0765. The maximum atomic E-state index is 13.2. The van der Waals surface area contributed by atoms with Gasteiger partial charge in [0.1, 0.15) is 17.1 Å². The number of amides is 1. The number of likely N-dealkylation sites (tertiary alicyclic amines) is 2. The fourth-order valence-electron chi connectivity index (χ4n) is 5.01. The van der Waals surface area contributed by atoms with E-state index < -0.39 is 5.56 Å². The highest BCUT2D eigenvalue weighted by molar-refractivity contribution is 5.94. The standard InChI is InChI=1S/C21H24N6O3/c1-12-23-21-22-8-16(20(29)27(21)24-12)19(28)26-10-14-9-25(2)18(17(14)11-26)13-4-6-15(30-3)7-5-13/h4-8,14,17-18H,9-11H2,1-3H3,(H,22,23,24)/t14-,17+,18-/m0/s1. The minimum absolute atomic E-state index is 0.0745. The SMILES string of the molecule is COc1ccc([C@H]2[C@@H]3CN(C(=O)c4cnc5nc(C)[nH]n5c4=O)C[C@@H]3CN2C)cc1. The van der Waals surface area contributed by atoms with Crippen molar-refractivity contribution in [1.29, 1.82) is 0 Å². The first-order valence-corrected chi connectivity index (χ1v) is 10.0. The molecule has 2 aliphatic rings. The van der Waals surface area contributed by atoms with Crippen LogP contribution < -0.4 is 10.3 Å². The smallest absolute Gasteiger partial charge is 0.286 e. The zero-order valence-electron chi connectivity index (χ0n) is 17.2. The molecule has 0 radical (unpaired) electrons. The Bertz CT molecular complexity index is 1170. The van der Waals surface area contributed by atoms with Gasteiger partial charge in [0.15, 0.2) is 0 Å². The van der Waals surface area contributed by atoms with E-state index >= 15 is 0 Å². The van der Waals surface area contributed by atoms with Gasteiger partial charge >= 0.3 is 0 Å². The van der Waals surface area contributed by atoms with E-state index in [1.54, 1.807) is 18.9 Å². The Morgan fingerprint density at radius 1 is 1.20 bits per heavy atom. The number of nitrogens with zero attached hydrogens (tertiary/aromatic N) is 5. The Morgan fingerprint density at radius 2 is 1.97 bits per heavy atom. The molecule has 0 bridgehead atoms. The molecule has 9 nitrogen and oxygen atoms in total. The average molecular weight is 408 g/mol. The fourth-order valence-corrected chi connectivity index (χ4v) is 5.01. The number of H-pyrrole nitrogens is 1. The van der Waals surface area contributed by atoms with Crippen LogP contribution in [0.1, 0.15) is 27.8 Å². The molecule has 2 fully saturated rings. The number of aromatic nitrogens is 4. The maximum Gasteiger partial charge on any atom is 0.286 e. The molecule has 1 N–H and O–H groups in total. The second-order valence-corrected chi connectivity index (χ2v) is 8.21. The van der Waals surface area contributed by atoms with Crippen LogP contribution in [0.4, 0.5) is 0 Å². The molecule has 0 unspecified atom stereocenters. The summed E-state index contributed by atoms with van der Waals surface area (Å²) in [5.74, 6) is 2.11. The van der Waals surface area contributed by atoms with Crippen molar-refractivity contribution in [2.75, 3.05) is 33.8 Å². The molecule has 4 heterocycles. The average Bonchev–Trinajstić information content (AvgIpc) is 3.40. The molecule has 3 aromatic rings. The van der Waals surface area contributed by atoms with Crippen LogP contribution >= 0.6 is 0 Å². The van der Waals surface area contributed by atoms with Gasteiger partial charge in [0.2, 0.25) is 0 Å². The first kappa shape index (κ1) is 18.8. The van der Waals surface area contributed by atoms with Crippen LogP contribution in [-0.2, 0) is 0 Å². The largest absolute Gasteiger partial charge is 0.497 e. The van der Waals surface area contributed by atoms with Gasteiger partial charge in [-0.3, -0.25) is 19.6 Å². The second-order valence-electron chi connectivity index (χ2n) is 8.21. The van der Waals surface area contributed by atoms with Gasteiger partial charge in [-0.2, -0.15) is 9.50 Å². The lowest BCUT2D eigenvalue weighted by Crippen LogP contribution is -2.37. The van der Waals surface area contributed by atoms with E-state index in [1.807, 2.05) is 12.1 Å². The molecule has 2 saturated heterocycles. The van der Waals surface area contributed by atoms with Gasteiger partial charge in [0.25, 0.3) is 17.2 Å². The van der Waals surface area contributed by atoms with Crippen LogP contribution in [0.5, 0.6) is 5.75 Å². The summed E-state index contributed by atoms with van der Waals surface area (Å²) in [4.78, 5) is 38.4. The van der Waals surface area contributed by atoms with Crippen LogP contribution in [0, 0.1) is 18.8 Å². The summed E-state index contributed by atoms with van der Waals surface area (Å²) in [5, 5.41) is 2.84. The van der Waals surface area contributed by atoms with E-state index in [-0.39, 0.29) is 23.3 Å². The molecule has 2 aromatic heterocycles. The van der Waals surface area contributed by atoms with Gasteiger partial charge in [0, 0.05) is 37.8 Å². The Labute approximate surface area is 173 Å². The van der Waals surface area contributed by atoms with Gasteiger partial charge in [-0.15, -0.1) is 0 Å². The number of fused-ring (bicyclic) bond motifs is 2. The molecular formula is C21H24N6O3. The van der Waals surface area contributed by atoms with Crippen LogP contribution in [-0.4, -0.2) is 69.1 Å². The Balaban J connectivity index is 1.40. The number of benzene rings is 1. The normalized spacial score (nSPS) is 23.8. The summed E-state index contributed by atoms with van der Waals surface area (Å²) in [6.45, 7) is 3.92. The Hall–Kier alpha value is -3.20. The molecule has 0 aliphatic carbocycles. The van der Waals surface area contributed by atoms with Crippen LogP contribution in [0.2, 0.25) is 0 Å². The lowest BCUT2D eigenvalue weighted by Gasteiger charge is -2.27. The topological polar surface area (TPSA) is 95.8 Å². The summed E-state index contributed by atoms with van der Waals surface area (Å²) >= 11 is 0. The number of rotatable bonds is 3. The van der Waals surface area contributed by atoms with Crippen molar-refractivity contribution >= 4 is 11.7 Å². The van der Waals surface area contributed by atoms with Crippen LogP contribution in [0.25, 0.3) is 5.78 Å². The molecule has 1 amide bonds. The van der Waals surface area contributed by atoms with Crippen molar-refractivity contribution in [2.24, 2.45) is 11.8 Å². The van der Waals surface area contributed by atoms with Crippen molar-refractivity contribution in [3.63, 3.8) is 0 Å². The third kappa shape index (κ3) is 2.88. The third-order valence-electron chi connectivity index (χ3n) is 6.35. The zero-order chi connectivity index (χ0) is 21.0. The van der Waals surface area contributed by atoms with Gasteiger partial charge in [-0.25, -0.2) is 4.98 Å². The van der Waals surface area contributed by atoms with E-state index in [1.165, 1.54) is 16.3 Å². The summed E-state index contributed by atoms with van der Waals surface area (Å²) < 4.78 is 6.50. The molecule has 1 aromatic carbocycles. The second kappa shape index (κ2) is 6.94. The zero-order valence-corrected chi connectivity index (χ0v) is 17.2.